The van der Waals surface area contributed by atoms with Crippen LogP contribution >= 0.6 is 22.0 Å². The molecule has 0 bridgehead atoms. The summed E-state index contributed by atoms with van der Waals surface area (Å²) in [5, 5.41) is 0.973. The Labute approximate surface area is 131 Å². The van der Waals surface area contributed by atoms with Gasteiger partial charge in [0.1, 0.15) is 0 Å². The average molecular weight is 345 g/mol. The maximum atomic E-state index is 12.1. The molecule has 5 nitrogen and oxygen atoms in total. The molecule has 1 aliphatic heterocycles. The van der Waals surface area contributed by atoms with Crippen molar-refractivity contribution in [3.05, 3.63) is 23.2 Å². The highest BCUT2D eigenvalue weighted by Crippen LogP contribution is 2.30. The largest absolute Gasteiger partial charge is 0.312 e. The molecule has 1 atom stereocenters. The smallest absolute Gasteiger partial charge is 0.232 e. The van der Waals surface area contributed by atoms with E-state index in [1.54, 1.807) is 16.2 Å². The van der Waals surface area contributed by atoms with E-state index in [-0.39, 0.29) is 24.0 Å². The summed E-state index contributed by atoms with van der Waals surface area (Å²) in [5.41, 5.74) is 1.61. The normalized spacial score (nSPS) is 19.6. The molecule has 1 saturated heterocycles. The summed E-state index contributed by atoms with van der Waals surface area (Å²) in [7, 11) is 1.68. The van der Waals surface area contributed by atoms with Gasteiger partial charge in [-0.1, -0.05) is 0 Å². The monoisotopic (exact) mass is 344 g/mol. The SMILES string of the molecule is Cc1nc2cc(N3CC(CS(=O)(=O)Cl)CC3=O)ccc2s1. The molecule has 1 aromatic heterocycles. The quantitative estimate of drug-likeness (QED) is 0.802. The molecule has 112 valence electrons. The first-order valence-corrected chi connectivity index (χ1v) is 9.71. The second kappa shape index (κ2) is 5.23. The molecule has 1 aromatic carbocycles. The zero-order valence-electron chi connectivity index (χ0n) is 11.2. The van der Waals surface area contributed by atoms with Crippen molar-refractivity contribution in [1.29, 1.82) is 0 Å². The van der Waals surface area contributed by atoms with Crippen molar-refractivity contribution in [3.63, 3.8) is 0 Å². The lowest BCUT2D eigenvalue weighted by Crippen LogP contribution is -2.25. The Kier molecular flexibility index (Phi) is 3.67. The molecule has 1 aliphatic rings. The highest BCUT2D eigenvalue weighted by atomic mass is 35.7. The molecule has 3 rings (SSSR count). The van der Waals surface area contributed by atoms with Gasteiger partial charge in [0.25, 0.3) is 0 Å². The van der Waals surface area contributed by atoms with E-state index in [1.807, 2.05) is 25.1 Å². The standard InChI is InChI=1S/C13H13ClN2O3S2/c1-8-15-11-5-10(2-3-12(11)20-8)16-6-9(4-13(16)17)7-21(14,18)19/h2-3,5,9H,4,6-7H2,1H3. The molecule has 1 fully saturated rings. The number of nitrogens with zero attached hydrogens (tertiary/aromatic N) is 2. The van der Waals surface area contributed by atoms with E-state index in [1.165, 1.54) is 0 Å². The number of carbonyl (C=O) groups excluding carboxylic acids is 1. The van der Waals surface area contributed by atoms with Crippen LogP contribution < -0.4 is 4.90 Å². The van der Waals surface area contributed by atoms with Gasteiger partial charge in [-0.15, -0.1) is 11.3 Å². The maximum Gasteiger partial charge on any atom is 0.232 e. The molecule has 8 heteroatoms. The Balaban J connectivity index is 1.86. The number of aromatic nitrogens is 1. The topological polar surface area (TPSA) is 67.3 Å². The van der Waals surface area contributed by atoms with Crippen LogP contribution in [0.25, 0.3) is 10.2 Å². The summed E-state index contributed by atoms with van der Waals surface area (Å²) in [5.74, 6) is -0.506. The van der Waals surface area contributed by atoms with Crippen molar-refractivity contribution >= 4 is 52.9 Å². The number of fused-ring (bicyclic) bond motifs is 1. The lowest BCUT2D eigenvalue weighted by molar-refractivity contribution is -0.117. The molecule has 1 unspecified atom stereocenters. The lowest BCUT2D eigenvalue weighted by Gasteiger charge is -2.16. The molecule has 1 amide bonds. The maximum absolute atomic E-state index is 12.1. The van der Waals surface area contributed by atoms with Crippen LogP contribution in [0.5, 0.6) is 0 Å². The summed E-state index contributed by atoms with van der Waals surface area (Å²) >= 11 is 1.60. The molecule has 21 heavy (non-hydrogen) atoms. The van der Waals surface area contributed by atoms with Crippen molar-refractivity contribution in [1.82, 2.24) is 4.98 Å². The van der Waals surface area contributed by atoms with Crippen LogP contribution in [0, 0.1) is 12.8 Å². The van der Waals surface area contributed by atoms with E-state index in [4.69, 9.17) is 10.7 Å². The predicted molar refractivity (Wildman–Crippen MR) is 84.5 cm³/mol. The molecule has 0 spiro atoms. The van der Waals surface area contributed by atoms with E-state index in [2.05, 4.69) is 4.98 Å². The van der Waals surface area contributed by atoms with Crippen molar-refractivity contribution in [3.8, 4) is 0 Å². The first kappa shape index (κ1) is 14.7. The van der Waals surface area contributed by atoms with Gasteiger partial charge in [-0.2, -0.15) is 0 Å². The molecule has 2 aromatic rings. The third-order valence-electron chi connectivity index (χ3n) is 3.43. The zero-order chi connectivity index (χ0) is 15.2. The molecule has 2 heterocycles. The van der Waals surface area contributed by atoms with Crippen LogP contribution in [-0.4, -0.2) is 31.6 Å². The Bertz CT molecular complexity index is 816. The lowest BCUT2D eigenvalue weighted by atomic mass is 10.1. The molecular formula is C13H13ClN2O3S2. The van der Waals surface area contributed by atoms with Gasteiger partial charge in [-0.25, -0.2) is 13.4 Å². The van der Waals surface area contributed by atoms with Crippen molar-refractivity contribution < 1.29 is 13.2 Å². The van der Waals surface area contributed by atoms with Crippen LogP contribution in [0.4, 0.5) is 5.69 Å². The number of halogens is 1. The Hall–Kier alpha value is -1.18. The fraction of sp³-hybridized carbons (Fsp3) is 0.385. The Morgan fingerprint density at radius 3 is 2.95 bits per heavy atom. The van der Waals surface area contributed by atoms with Crippen molar-refractivity contribution in [2.24, 2.45) is 5.92 Å². The van der Waals surface area contributed by atoms with Gasteiger partial charge in [0.05, 0.1) is 21.0 Å². The first-order valence-electron chi connectivity index (χ1n) is 6.42. The summed E-state index contributed by atoms with van der Waals surface area (Å²) in [6.45, 7) is 2.31. The van der Waals surface area contributed by atoms with E-state index < -0.39 is 9.05 Å². The minimum atomic E-state index is -3.59. The number of thiazole rings is 1. The van der Waals surface area contributed by atoms with Gasteiger partial charge in [-0.3, -0.25) is 4.79 Å². The fourth-order valence-corrected chi connectivity index (χ4v) is 4.75. The average Bonchev–Trinajstić information content (AvgIpc) is 2.88. The molecule has 0 saturated carbocycles. The Morgan fingerprint density at radius 2 is 2.24 bits per heavy atom. The number of anilines is 1. The minimum absolute atomic E-state index is 0.0772. The number of carbonyl (C=O) groups is 1. The highest BCUT2D eigenvalue weighted by Gasteiger charge is 2.33. The van der Waals surface area contributed by atoms with Crippen LogP contribution in [0.3, 0.4) is 0 Å². The predicted octanol–water partition coefficient (Wildman–Crippen LogP) is 2.53. The molecule has 0 aliphatic carbocycles. The van der Waals surface area contributed by atoms with Crippen LogP contribution in [0.1, 0.15) is 11.4 Å². The van der Waals surface area contributed by atoms with Gasteiger partial charge in [0, 0.05) is 35.3 Å². The van der Waals surface area contributed by atoms with Crippen LogP contribution in [-0.2, 0) is 13.8 Å². The molecular weight excluding hydrogens is 332 g/mol. The first-order chi connectivity index (χ1) is 9.82. The highest BCUT2D eigenvalue weighted by molar-refractivity contribution is 8.13. The third kappa shape index (κ3) is 3.20. The summed E-state index contributed by atoms with van der Waals surface area (Å²) in [4.78, 5) is 18.1. The number of benzene rings is 1. The van der Waals surface area contributed by atoms with Crippen molar-refractivity contribution in [2.75, 3.05) is 17.2 Å². The fourth-order valence-electron chi connectivity index (χ4n) is 2.62. The van der Waals surface area contributed by atoms with Gasteiger partial charge < -0.3 is 4.90 Å². The van der Waals surface area contributed by atoms with Gasteiger partial charge in [-0.05, 0) is 25.1 Å². The summed E-state index contributed by atoms with van der Waals surface area (Å²) in [6.07, 6.45) is 0.208. The summed E-state index contributed by atoms with van der Waals surface area (Å²) in [6, 6.07) is 5.68. The second-order valence-corrected chi connectivity index (χ2v) is 9.22. The number of hydrogen-bond acceptors (Lipinski definition) is 5. The number of amides is 1. The number of rotatable bonds is 3. The van der Waals surface area contributed by atoms with Crippen molar-refractivity contribution in [2.45, 2.75) is 13.3 Å². The Morgan fingerprint density at radius 1 is 1.48 bits per heavy atom. The summed E-state index contributed by atoms with van der Waals surface area (Å²) < 4.78 is 23.4. The van der Waals surface area contributed by atoms with Crippen LogP contribution in [0.15, 0.2) is 18.2 Å². The number of aryl methyl sites for hydroxylation is 1. The number of hydrogen-bond donors (Lipinski definition) is 0. The van der Waals surface area contributed by atoms with E-state index in [0.29, 0.717) is 6.54 Å². The van der Waals surface area contributed by atoms with Gasteiger partial charge in [0.15, 0.2) is 0 Å². The van der Waals surface area contributed by atoms with E-state index >= 15 is 0 Å². The van der Waals surface area contributed by atoms with E-state index in [9.17, 15) is 13.2 Å². The second-order valence-electron chi connectivity index (χ2n) is 5.16. The third-order valence-corrected chi connectivity index (χ3v) is 5.63. The molecule has 0 radical (unpaired) electrons. The van der Waals surface area contributed by atoms with Crippen LogP contribution in [0.2, 0.25) is 0 Å². The van der Waals surface area contributed by atoms with E-state index in [0.717, 1.165) is 20.9 Å². The van der Waals surface area contributed by atoms with Gasteiger partial charge in [0.2, 0.25) is 15.0 Å². The van der Waals surface area contributed by atoms with Gasteiger partial charge >= 0.3 is 0 Å². The minimum Gasteiger partial charge on any atom is -0.312 e. The zero-order valence-corrected chi connectivity index (χ0v) is 13.6. The molecule has 0 N–H and O–H groups in total.